The smallest absolute Gasteiger partial charge is 0.323 e. The van der Waals surface area contributed by atoms with Crippen molar-refractivity contribution in [2.24, 2.45) is 0 Å². The molecule has 1 N–H and O–H groups in total. The summed E-state index contributed by atoms with van der Waals surface area (Å²) in [5.74, 6) is -0.891. The highest BCUT2D eigenvalue weighted by atomic mass is 35.5. The Morgan fingerprint density at radius 2 is 2.00 bits per heavy atom. The van der Waals surface area contributed by atoms with E-state index < -0.39 is 5.97 Å². The third-order valence-electron chi connectivity index (χ3n) is 1.93. The van der Waals surface area contributed by atoms with Gasteiger partial charge < -0.3 is 10.0 Å². The van der Waals surface area contributed by atoms with E-state index in [9.17, 15) is 4.79 Å². The summed E-state index contributed by atoms with van der Waals surface area (Å²) in [6.07, 6.45) is 1.68. The lowest BCUT2D eigenvalue weighted by Crippen LogP contribution is -2.29. The maximum atomic E-state index is 10.7. The Morgan fingerprint density at radius 1 is 1.38 bits per heavy atom. The van der Waals surface area contributed by atoms with Crippen molar-refractivity contribution >= 4 is 34.9 Å². The fourth-order valence-electron chi connectivity index (χ4n) is 1.24. The van der Waals surface area contributed by atoms with Crippen molar-refractivity contribution in [3.8, 4) is 0 Å². The van der Waals surface area contributed by atoms with Crippen LogP contribution in [0.4, 0.5) is 5.69 Å². The number of halogens is 2. The van der Waals surface area contributed by atoms with Crippen LogP contribution in [0.5, 0.6) is 0 Å². The van der Waals surface area contributed by atoms with Crippen LogP contribution in [0.2, 0.25) is 5.02 Å². The van der Waals surface area contributed by atoms with E-state index in [1.807, 2.05) is 0 Å². The van der Waals surface area contributed by atoms with Gasteiger partial charge in [0.15, 0.2) is 0 Å². The fraction of sp³-hybridized carbons (Fsp3) is 0.182. The molecule has 0 unspecified atom stereocenters. The van der Waals surface area contributed by atoms with Crippen molar-refractivity contribution in [3.05, 3.63) is 40.9 Å². The lowest BCUT2D eigenvalue weighted by atomic mass is 10.3. The van der Waals surface area contributed by atoms with E-state index in [1.165, 1.54) is 5.54 Å². The van der Waals surface area contributed by atoms with Gasteiger partial charge in [0.2, 0.25) is 0 Å². The second-order valence-electron chi connectivity index (χ2n) is 3.11. The summed E-state index contributed by atoms with van der Waals surface area (Å²) in [5, 5.41) is 9.39. The normalized spacial score (nSPS) is 10.6. The number of nitrogens with zero attached hydrogens (tertiary/aromatic N) is 1. The van der Waals surface area contributed by atoms with Crippen LogP contribution in [-0.2, 0) is 4.79 Å². The summed E-state index contributed by atoms with van der Waals surface area (Å²) in [4.78, 5) is 12.4. The van der Waals surface area contributed by atoms with Gasteiger partial charge in [0.25, 0.3) is 0 Å². The van der Waals surface area contributed by atoms with Crippen molar-refractivity contribution in [1.82, 2.24) is 0 Å². The van der Waals surface area contributed by atoms with Gasteiger partial charge in [-0.1, -0.05) is 29.3 Å². The van der Waals surface area contributed by atoms with E-state index in [4.69, 9.17) is 28.3 Å². The summed E-state index contributed by atoms with van der Waals surface area (Å²) in [5.41, 5.74) is 2.16. The van der Waals surface area contributed by atoms with E-state index in [2.05, 4.69) is 0 Å². The molecule has 86 valence electrons. The molecule has 0 aromatic heterocycles. The number of benzene rings is 1. The molecule has 0 saturated carbocycles. The molecule has 0 amide bonds. The van der Waals surface area contributed by atoms with Gasteiger partial charge in [-0.2, -0.15) is 0 Å². The first kappa shape index (κ1) is 12.9. The number of carboxylic acid groups (broad SMARTS) is 1. The van der Waals surface area contributed by atoms with Crippen molar-refractivity contribution in [2.75, 3.05) is 18.0 Å². The first-order chi connectivity index (χ1) is 7.63. The highest BCUT2D eigenvalue weighted by Crippen LogP contribution is 2.17. The Hall–Kier alpha value is -1.19. The van der Waals surface area contributed by atoms with E-state index in [0.717, 1.165) is 5.69 Å². The minimum atomic E-state index is -0.891. The quantitative estimate of drug-likeness (QED) is 0.884. The second-order valence-corrected chi connectivity index (χ2v) is 3.80. The number of hydrogen-bond donors (Lipinski definition) is 1. The van der Waals surface area contributed by atoms with Crippen LogP contribution in [0.15, 0.2) is 35.9 Å². The van der Waals surface area contributed by atoms with Gasteiger partial charge in [0.1, 0.15) is 6.54 Å². The molecule has 0 radical (unpaired) electrons. The van der Waals surface area contributed by atoms with Crippen molar-refractivity contribution in [2.45, 2.75) is 0 Å². The zero-order chi connectivity index (χ0) is 12.0. The van der Waals surface area contributed by atoms with Gasteiger partial charge in [-0.15, -0.1) is 0 Å². The molecule has 0 saturated heterocycles. The number of rotatable bonds is 5. The number of aliphatic carboxylic acids is 1. The molecular weight excluding hydrogens is 249 g/mol. The first-order valence-electron chi connectivity index (χ1n) is 4.61. The van der Waals surface area contributed by atoms with Crippen LogP contribution >= 0.6 is 23.2 Å². The molecule has 0 atom stereocenters. The van der Waals surface area contributed by atoms with Gasteiger partial charge >= 0.3 is 5.97 Å². The monoisotopic (exact) mass is 259 g/mol. The number of carboxylic acids is 1. The molecule has 0 heterocycles. The molecule has 0 aliphatic heterocycles. The first-order valence-corrected chi connectivity index (χ1v) is 5.42. The van der Waals surface area contributed by atoms with Crippen molar-refractivity contribution < 1.29 is 9.90 Å². The van der Waals surface area contributed by atoms with Crippen LogP contribution < -0.4 is 4.90 Å². The summed E-state index contributed by atoms with van der Waals surface area (Å²) < 4.78 is 0. The summed E-state index contributed by atoms with van der Waals surface area (Å²) in [7, 11) is 0. The molecule has 3 nitrogen and oxygen atoms in total. The third-order valence-corrected chi connectivity index (χ3v) is 2.36. The summed E-state index contributed by atoms with van der Waals surface area (Å²) in [6.45, 7) is 0.361. The molecule has 0 bridgehead atoms. The zero-order valence-corrected chi connectivity index (χ0v) is 9.95. The van der Waals surface area contributed by atoms with E-state index in [-0.39, 0.29) is 6.54 Å². The molecule has 1 aromatic rings. The SMILES string of the molecule is O=C(O)CN(C/C=C/Cl)c1ccc(Cl)cc1. The van der Waals surface area contributed by atoms with Gasteiger partial charge in [-0.3, -0.25) is 4.79 Å². The topological polar surface area (TPSA) is 40.5 Å². The molecule has 1 rings (SSSR count). The minimum absolute atomic E-state index is 0.0805. The highest BCUT2D eigenvalue weighted by Gasteiger charge is 2.08. The predicted molar refractivity (Wildman–Crippen MR) is 66.3 cm³/mol. The Balaban J connectivity index is 2.82. The van der Waals surface area contributed by atoms with Crippen molar-refractivity contribution in [3.63, 3.8) is 0 Å². The zero-order valence-electron chi connectivity index (χ0n) is 8.44. The number of anilines is 1. The Bertz CT molecular complexity index is 376. The van der Waals surface area contributed by atoms with Crippen molar-refractivity contribution in [1.29, 1.82) is 0 Å². The van der Waals surface area contributed by atoms with Crippen LogP contribution in [0.1, 0.15) is 0 Å². The minimum Gasteiger partial charge on any atom is -0.480 e. The average molecular weight is 260 g/mol. The highest BCUT2D eigenvalue weighted by molar-refractivity contribution is 6.30. The van der Waals surface area contributed by atoms with Gasteiger partial charge in [-0.05, 0) is 24.3 Å². The van der Waals surface area contributed by atoms with Crippen LogP contribution in [0.25, 0.3) is 0 Å². The maximum absolute atomic E-state index is 10.7. The predicted octanol–water partition coefficient (Wildman–Crippen LogP) is 2.98. The molecule has 0 aliphatic carbocycles. The Morgan fingerprint density at radius 3 is 2.50 bits per heavy atom. The third kappa shape index (κ3) is 4.13. The lowest BCUT2D eigenvalue weighted by molar-refractivity contribution is -0.135. The van der Waals surface area contributed by atoms with E-state index >= 15 is 0 Å². The summed E-state index contributed by atoms with van der Waals surface area (Å²) in [6, 6.07) is 6.98. The standard InChI is InChI=1S/C11H11Cl2NO2/c12-6-1-7-14(8-11(15)16)10-4-2-9(13)3-5-10/h1-6H,7-8H2,(H,15,16)/b6-1+. The molecule has 0 fully saturated rings. The average Bonchev–Trinajstić information content (AvgIpc) is 2.25. The Kier molecular flexibility index (Phi) is 5.15. The molecule has 16 heavy (non-hydrogen) atoms. The van der Waals surface area contributed by atoms with E-state index in [0.29, 0.717) is 11.6 Å². The molecule has 0 spiro atoms. The summed E-state index contributed by atoms with van der Waals surface area (Å²) >= 11 is 11.2. The van der Waals surface area contributed by atoms with Gasteiger partial charge in [0.05, 0.1) is 0 Å². The van der Waals surface area contributed by atoms with Gasteiger partial charge in [0, 0.05) is 22.8 Å². The van der Waals surface area contributed by atoms with Crippen LogP contribution in [-0.4, -0.2) is 24.2 Å². The molecule has 1 aromatic carbocycles. The Labute approximate surface area is 104 Å². The largest absolute Gasteiger partial charge is 0.480 e. The number of carbonyl (C=O) groups is 1. The fourth-order valence-corrected chi connectivity index (χ4v) is 1.45. The molecule has 0 aliphatic rings. The van der Waals surface area contributed by atoms with E-state index in [1.54, 1.807) is 35.2 Å². The van der Waals surface area contributed by atoms with Crippen LogP contribution in [0.3, 0.4) is 0 Å². The molecular formula is C11H11Cl2NO2. The van der Waals surface area contributed by atoms with Gasteiger partial charge in [-0.25, -0.2) is 0 Å². The number of hydrogen-bond acceptors (Lipinski definition) is 2. The maximum Gasteiger partial charge on any atom is 0.323 e. The second kappa shape index (κ2) is 6.40. The lowest BCUT2D eigenvalue weighted by Gasteiger charge is -2.20. The molecule has 5 heteroatoms. The van der Waals surface area contributed by atoms with Crippen LogP contribution in [0, 0.1) is 0 Å².